The SMILES string of the molecule is Nc1c(Cl)ncnc1Nc1cccnc1Cl. The maximum Gasteiger partial charge on any atom is 0.158 e. The summed E-state index contributed by atoms with van der Waals surface area (Å²) in [5.74, 6) is 0.398. The Morgan fingerprint density at radius 3 is 2.69 bits per heavy atom. The molecule has 0 aromatic carbocycles. The minimum Gasteiger partial charge on any atom is -0.393 e. The lowest BCUT2D eigenvalue weighted by atomic mass is 10.4. The zero-order chi connectivity index (χ0) is 11.5. The van der Waals surface area contributed by atoms with Gasteiger partial charge < -0.3 is 11.1 Å². The van der Waals surface area contributed by atoms with Crippen molar-refractivity contribution in [3.8, 4) is 0 Å². The molecule has 0 saturated heterocycles. The van der Waals surface area contributed by atoms with Crippen molar-refractivity contribution < 1.29 is 0 Å². The van der Waals surface area contributed by atoms with Crippen LogP contribution in [0.3, 0.4) is 0 Å². The molecule has 0 unspecified atom stereocenters. The fourth-order valence-corrected chi connectivity index (χ4v) is 1.38. The number of hydrogen-bond donors (Lipinski definition) is 2. The molecule has 0 bridgehead atoms. The Bertz CT molecular complexity index is 517. The molecule has 0 radical (unpaired) electrons. The van der Waals surface area contributed by atoms with E-state index in [0.29, 0.717) is 16.7 Å². The molecule has 5 nitrogen and oxygen atoms in total. The minimum atomic E-state index is 0.192. The zero-order valence-corrected chi connectivity index (χ0v) is 9.50. The second kappa shape index (κ2) is 4.51. The van der Waals surface area contributed by atoms with Crippen LogP contribution in [0.4, 0.5) is 17.2 Å². The van der Waals surface area contributed by atoms with Gasteiger partial charge in [0.2, 0.25) is 0 Å². The summed E-state index contributed by atoms with van der Waals surface area (Å²) in [6, 6.07) is 3.50. The van der Waals surface area contributed by atoms with Crippen molar-refractivity contribution in [1.29, 1.82) is 0 Å². The first-order valence-electron chi connectivity index (χ1n) is 4.32. The molecule has 2 aromatic rings. The van der Waals surface area contributed by atoms with E-state index in [9.17, 15) is 0 Å². The summed E-state index contributed by atoms with van der Waals surface area (Å²) >= 11 is 11.6. The van der Waals surface area contributed by atoms with Crippen LogP contribution < -0.4 is 11.1 Å². The van der Waals surface area contributed by atoms with E-state index in [4.69, 9.17) is 28.9 Å². The number of nitrogens with two attached hydrogens (primary N) is 1. The molecule has 82 valence electrons. The summed E-state index contributed by atoms with van der Waals surface area (Å²) < 4.78 is 0. The molecule has 0 aliphatic rings. The highest BCUT2D eigenvalue weighted by molar-refractivity contribution is 6.33. The summed E-state index contributed by atoms with van der Waals surface area (Å²) in [7, 11) is 0. The van der Waals surface area contributed by atoms with Gasteiger partial charge >= 0.3 is 0 Å². The average molecular weight is 256 g/mol. The number of hydrogen-bond acceptors (Lipinski definition) is 5. The van der Waals surface area contributed by atoms with Crippen LogP contribution in [-0.4, -0.2) is 15.0 Å². The molecule has 0 spiro atoms. The molecule has 2 aromatic heterocycles. The van der Waals surface area contributed by atoms with Crippen LogP contribution in [0, 0.1) is 0 Å². The van der Waals surface area contributed by atoms with Crippen LogP contribution in [0.5, 0.6) is 0 Å². The monoisotopic (exact) mass is 255 g/mol. The lowest BCUT2D eigenvalue weighted by Gasteiger charge is -2.08. The topological polar surface area (TPSA) is 76.7 Å². The highest BCUT2D eigenvalue weighted by atomic mass is 35.5. The number of nitrogens with zero attached hydrogens (tertiary/aromatic N) is 3. The van der Waals surface area contributed by atoms with Crippen LogP contribution in [-0.2, 0) is 0 Å². The number of aromatic nitrogens is 3. The van der Waals surface area contributed by atoms with Gasteiger partial charge in [0.1, 0.15) is 12.0 Å². The first kappa shape index (κ1) is 10.9. The van der Waals surface area contributed by atoms with Crippen molar-refractivity contribution >= 4 is 40.4 Å². The van der Waals surface area contributed by atoms with Crippen LogP contribution in [0.2, 0.25) is 10.3 Å². The Kier molecular flexibility index (Phi) is 3.07. The fourth-order valence-electron chi connectivity index (χ4n) is 1.08. The van der Waals surface area contributed by atoms with Gasteiger partial charge in [0.15, 0.2) is 16.1 Å². The standard InChI is InChI=1S/C9H7Cl2N5/c10-7-5(2-1-3-13-7)16-9-6(12)8(11)14-4-15-9/h1-4H,12H2,(H,14,15,16). The molecular weight excluding hydrogens is 249 g/mol. The van der Waals surface area contributed by atoms with Crippen LogP contribution in [0.15, 0.2) is 24.7 Å². The first-order valence-corrected chi connectivity index (χ1v) is 5.07. The molecule has 0 saturated carbocycles. The third-order valence-electron chi connectivity index (χ3n) is 1.85. The number of nitrogens with one attached hydrogen (secondary N) is 1. The van der Waals surface area contributed by atoms with E-state index >= 15 is 0 Å². The van der Waals surface area contributed by atoms with Gasteiger partial charge in [0.25, 0.3) is 0 Å². The van der Waals surface area contributed by atoms with Crippen molar-refractivity contribution in [3.05, 3.63) is 35.0 Å². The summed E-state index contributed by atoms with van der Waals surface area (Å²) in [4.78, 5) is 11.6. The van der Waals surface area contributed by atoms with Gasteiger partial charge in [-0.25, -0.2) is 15.0 Å². The van der Waals surface area contributed by atoms with Crippen molar-refractivity contribution in [2.45, 2.75) is 0 Å². The van der Waals surface area contributed by atoms with Gasteiger partial charge in [-0.3, -0.25) is 0 Å². The second-order valence-electron chi connectivity index (χ2n) is 2.89. The van der Waals surface area contributed by atoms with E-state index < -0.39 is 0 Å². The van der Waals surface area contributed by atoms with Crippen molar-refractivity contribution in [1.82, 2.24) is 15.0 Å². The Labute approximate surface area is 102 Å². The van der Waals surface area contributed by atoms with Gasteiger partial charge in [0, 0.05) is 6.20 Å². The maximum atomic E-state index is 5.88. The molecule has 7 heteroatoms. The van der Waals surface area contributed by atoms with Crippen LogP contribution >= 0.6 is 23.2 Å². The maximum absolute atomic E-state index is 5.88. The first-order chi connectivity index (χ1) is 7.68. The summed E-state index contributed by atoms with van der Waals surface area (Å²) in [5.41, 5.74) is 6.57. The molecule has 16 heavy (non-hydrogen) atoms. The Morgan fingerprint density at radius 1 is 1.12 bits per heavy atom. The van der Waals surface area contributed by atoms with Gasteiger partial charge in [-0.1, -0.05) is 23.2 Å². The number of pyridine rings is 1. The molecule has 2 heterocycles. The van der Waals surface area contributed by atoms with E-state index in [1.807, 2.05) is 0 Å². The number of anilines is 3. The van der Waals surface area contributed by atoms with E-state index in [2.05, 4.69) is 20.3 Å². The van der Waals surface area contributed by atoms with Crippen LogP contribution in [0.25, 0.3) is 0 Å². The normalized spacial score (nSPS) is 10.1. The summed E-state index contributed by atoms with van der Waals surface area (Å²) in [6.45, 7) is 0. The average Bonchev–Trinajstić information content (AvgIpc) is 2.28. The minimum absolute atomic E-state index is 0.192. The van der Waals surface area contributed by atoms with Crippen LogP contribution in [0.1, 0.15) is 0 Å². The predicted molar refractivity (Wildman–Crippen MR) is 64.0 cm³/mol. The third-order valence-corrected chi connectivity index (χ3v) is 2.45. The molecule has 0 aliphatic carbocycles. The Balaban J connectivity index is 2.35. The van der Waals surface area contributed by atoms with Gasteiger partial charge in [-0.2, -0.15) is 0 Å². The van der Waals surface area contributed by atoms with Gasteiger partial charge in [-0.15, -0.1) is 0 Å². The fraction of sp³-hybridized carbons (Fsp3) is 0. The number of nitrogen functional groups attached to an aromatic ring is 1. The van der Waals surface area contributed by atoms with E-state index in [-0.39, 0.29) is 10.8 Å². The van der Waals surface area contributed by atoms with E-state index in [0.717, 1.165) is 0 Å². The second-order valence-corrected chi connectivity index (χ2v) is 3.61. The molecule has 0 atom stereocenters. The highest BCUT2D eigenvalue weighted by Gasteiger charge is 2.07. The highest BCUT2D eigenvalue weighted by Crippen LogP contribution is 2.27. The Hall–Kier alpha value is -1.59. The van der Waals surface area contributed by atoms with Gasteiger partial charge in [0.05, 0.1) is 5.69 Å². The molecular formula is C9H7Cl2N5. The predicted octanol–water partition coefficient (Wildman–Crippen LogP) is 2.50. The van der Waals surface area contributed by atoms with Crippen molar-refractivity contribution in [3.63, 3.8) is 0 Å². The zero-order valence-electron chi connectivity index (χ0n) is 7.98. The smallest absolute Gasteiger partial charge is 0.158 e. The summed E-state index contributed by atoms with van der Waals surface area (Å²) in [5, 5.41) is 3.45. The largest absolute Gasteiger partial charge is 0.393 e. The van der Waals surface area contributed by atoms with Crippen molar-refractivity contribution in [2.24, 2.45) is 0 Å². The molecule has 2 rings (SSSR count). The third kappa shape index (κ3) is 2.15. The molecule has 0 fully saturated rings. The Morgan fingerprint density at radius 2 is 1.94 bits per heavy atom. The number of halogens is 2. The van der Waals surface area contributed by atoms with E-state index in [1.54, 1.807) is 18.3 Å². The van der Waals surface area contributed by atoms with E-state index in [1.165, 1.54) is 6.33 Å². The van der Waals surface area contributed by atoms with Gasteiger partial charge in [-0.05, 0) is 12.1 Å². The molecule has 0 amide bonds. The lowest BCUT2D eigenvalue weighted by molar-refractivity contribution is 1.17. The quantitative estimate of drug-likeness (QED) is 0.637. The summed E-state index contributed by atoms with van der Waals surface area (Å²) in [6.07, 6.45) is 2.90. The molecule has 3 N–H and O–H groups in total. The number of rotatable bonds is 2. The molecule has 0 aliphatic heterocycles. The lowest BCUT2D eigenvalue weighted by Crippen LogP contribution is -2.01. The van der Waals surface area contributed by atoms with Crippen molar-refractivity contribution in [2.75, 3.05) is 11.1 Å².